The zero-order valence-electron chi connectivity index (χ0n) is 11.3. The van der Waals surface area contributed by atoms with Crippen molar-refractivity contribution in [2.75, 3.05) is 7.11 Å². The number of para-hydroxylation sites is 1. The van der Waals surface area contributed by atoms with E-state index in [4.69, 9.17) is 14.2 Å². The molecule has 1 aromatic carbocycles. The first-order valence-electron chi connectivity index (χ1n) is 5.99. The molecule has 1 rings (SSSR count). The maximum Gasteiger partial charge on any atom is 0.314 e. The minimum absolute atomic E-state index is 0.252. The molecule has 0 fully saturated rings. The minimum Gasteiger partial charge on any atom is -0.436 e. The van der Waals surface area contributed by atoms with E-state index in [0.29, 0.717) is 5.75 Å². The normalized spacial score (nSPS) is 13.4. The summed E-state index contributed by atoms with van der Waals surface area (Å²) >= 11 is 0. The van der Waals surface area contributed by atoms with Crippen LogP contribution in [0.3, 0.4) is 0 Å². The third-order valence-electron chi connectivity index (χ3n) is 2.47. The largest absolute Gasteiger partial charge is 0.436 e. The van der Waals surface area contributed by atoms with E-state index in [1.54, 1.807) is 31.2 Å². The number of benzene rings is 1. The van der Waals surface area contributed by atoms with Crippen molar-refractivity contribution in [2.24, 2.45) is 5.92 Å². The molecule has 2 atom stereocenters. The van der Waals surface area contributed by atoms with Crippen LogP contribution in [0.25, 0.3) is 0 Å². The predicted octanol–water partition coefficient (Wildman–Crippen LogP) is 2.15. The molecule has 0 N–H and O–H groups in total. The van der Waals surface area contributed by atoms with E-state index in [1.807, 2.05) is 6.07 Å². The zero-order valence-corrected chi connectivity index (χ0v) is 11.3. The lowest BCUT2D eigenvalue weighted by atomic mass is 10.1. The Morgan fingerprint density at radius 1 is 1.21 bits per heavy atom. The number of hydrogen-bond acceptors (Lipinski definition) is 5. The fraction of sp³-hybridized carbons (Fsp3) is 0.429. The molecule has 0 heterocycles. The molecule has 0 aromatic heterocycles. The second kappa shape index (κ2) is 7.53. The van der Waals surface area contributed by atoms with Crippen molar-refractivity contribution < 1.29 is 23.8 Å². The standard InChI is InChI=1S/C14H18O5/c1-10(9-13(17-3)18-11(2)15)14(16)19-12-7-5-4-6-8-12/h4-8,10,13H,9H2,1-3H3. The Morgan fingerprint density at radius 2 is 1.84 bits per heavy atom. The molecule has 0 aliphatic heterocycles. The fourth-order valence-electron chi connectivity index (χ4n) is 1.47. The summed E-state index contributed by atoms with van der Waals surface area (Å²) < 4.78 is 15.1. The predicted molar refractivity (Wildman–Crippen MR) is 68.4 cm³/mol. The van der Waals surface area contributed by atoms with Crippen molar-refractivity contribution in [1.82, 2.24) is 0 Å². The molecule has 0 aliphatic carbocycles. The first kappa shape index (κ1) is 15.2. The number of hydrogen-bond donors (Lipinski definition) is 0. The molecule has 0 saturated heterocycles. The van der Waals surface area contributed by atoms with E-state index in [0.717, 1.165) is 0 Å². The number of methoxy groups -OCH3 is 1. The van der Waals surface area contributed by atoms with Crippen molar-refractivity contribution in [1.29, 1.82) is 0 Å². The molecule has 0 saturated carbocycles. The third-order valence-corrected chi connectivity index (χ3v) is 2.47. The summed E-state index contributed by atoms with van der Waals surface area (Å²) in [5.41, 5.74) is 0. The van der Waals surface area contributed by atoms with E-state index in [1.165, 1.54) is 14.0 Å². The van der Waals surface area contributed by atoms with Gasteiger partial charge in [-0.1, -0.05) is 25.1 Å². The van der Waals surface area contributed by atoms with Crippen LogP contribution >= 0.6 is 0 Å². The first-order chi connectivity index (χ1) is 9.02. The molecule has 5 nitrogen and oxygen atoms in total. The third kappa shape index (κ3) is 5.52. The second-order valence-corrected chi connectivity index (χ2v) is 4.15. The maximum atomic E-state index is 11.8. The van der Waals surface area contributed by atoms with Gasteiger partial charge < -0.3 is 14.2 Å². The summed E-state index contributed by atoms with van der Waals surface area (Å²) in [7, 11) is 1.42. The number of rotatable bonds is 6. The van der Waals surface area contributed by atoms with Gasteiger partial charge in [-0.05, 0) is 12.1 Å². The van der Waals surface area contributed by atoms with E-state index in [-0.39, 0.29) is 12.4 Å². The average Bonchev–Trinajstić information content (AvgIpc) is 2.38. The highest BCUT2D eigenvalue weighted by Gasteiger charge is 2.22. The molecule has 1 aromatic rings. The van der Waals surface area contributed by atoms with Gasteiger partial charge in [0.1, 0.15) is 5.75 Å². The SMILES string of the molecule is COC(CC(C)C(=O)Oc1ccccc1)OC(C)=O. The van der Waals surface area contributed by atoms with Crippen LogP contribution in [0.5, 0.6) is 5.75 Å². The Hall–Kier alpha value is -1.88. The molecule has 0 amide bonds. The van der Waals surface area contributed by atoms with Crippen LogP contribution in [0.1, 0.15) is 20.3 Å². The molecule has 0 aliphatic rings. The van der Waals surface area contributed by atoms with Gasteiger partial charge in [-0.25, -0.2) is 0 Å². The molecule has 19 heavy (non-hydrogen) atoms. The number of carbonyl (C=O) groups excluding carboxylic acids is 2. The highest BCUT2D eigenvalue weighted by molar-refractivity contribution is 5.74. The fourth-order valence-corrected chi connectivity index (χ4v) is 1.47. The van der Waals surface area contributed by atoms with E-state index >= 15 is 0 Å². The van der Waals surface area contributed by atoms with Crippen molar-refractivity contribution >= 4 is 11.9 Å². The van der Waals surface area contributed by atoms with Crippen molar-refractivity contribution in [3.8, 4) is 5.75 Å². The van der Waals surface area contributed by atoms with Gasteiger partial charge in [-0.2, -0.15) is 0 Å². The summed E-state index contributed by atoms with van der Waals surface area (Å²) in [5, 5.41) is 0. The van der Waals surface area contributed by atoms with Crippen LogP contribution in [0.2, 0.25) is 0 Å². The summed E-state index contributed by atoms with van der Waals surface area (Å²) in [6.07, 6.45) is -0.488. The molecule has 0 spiro atoms. The van der Waals surface area contributed by atoms with E-state index in [9.17, 15) is 9.59 Å². The summed E-state index contributed by atoms with van der Waals surface area (Å²) in [5.74, 6) is -0.791. The lowest BCUT2D eigenvalue weighted by Crippen LogP contribution is -2.26. The van der Waals surface area contributed by atoms with Crippen LogP contribution in [0.15, 0.2) is 30.3 Å². The van der Waals surface area contributed by atoms with Crippen LogP contribution in [-0.2, 0) is 19.1 Å². The summed E-state index contributed by atoms with van der Waals surface area (Å²) in [6, 6.07) is 8.80. The van der Waals surface area contributed by atoms with Crippen LogP contribution < -0.4 is 4.74 Å². The first-order valence-corrected chi connectivity index (χ1v) is 5.99. The van der Waals surface area contributed by atoms with Crippen molar-refractivity contribution in [3.05, 3.63) is 30.3 Å². The Kier molecular flexibility index (Phi) is 6.02. The Bertz CT molecular complexity index is 415. The van der Waals surface area contributed by atoms with Crippen LogP contribution in [-0.4, -0.2) is 25.3 Å². The molecule has 5 heteroatoms. The van der Waals surface area contributed by atoms with Gasteiger partial charge in [-0.3, -0.25) is 9.59 Å². The average molecular weight is 266 g/mol. The van der Waals surface area contributed by atoms with Crippen LogP contribution in [0.4, 0.5) is 0 Å². The Morgan fingerprint density at radius 3 is 2.37 bits per heavy atom. The molecule has 104 valence electrons. The van der Waals surface area contributed by atoms with Crippen LogP contribution in [0, 0.1) is 5.92 Å². The molecule has 0 bridgehead atoms. The number of carbonyl (C=O) groups is 2. The topological polar surface area (TPSA) is 61.8 Å². The minimum atomic E-state index is -0.740. The van der Waals surface area contributed by atoms with E-state index < -0.39 is 18.2 Å². The van der Waals surface area contributed by atoms with Gasteiger partial charge >= 0.3 is 11.9 Å². The lowest BCUT2D eigenvalue weighted by Gasteiger charge is -2.18. The zero-order chi connectivity index (χ0) is 14.3. The second-order valence-electron chi connectivity index (χ2n) is 4.15. The lowest BCUT2D eigenvalue weighted by molar-refractivity contribution is -0.176. The number of ether oxygens (including phenoxy) is 3. The van der Waals surface area contributed by atoms with Gasteiger partial charge in [0.25, 0.3) is 0 Å². The molecule has 0 radical (unpaired) electrons. The van der Waals surface area contributed by atoms with Crippen molar-refractivity contribution in [2.45, 2.75) is 26.6 Å². The van der Waals surface area contributed by atoms with Gasteiger partial charge in [-0.15, -0.1) is 0 Å². The molecule has 2 unspecified atom stereocenters. The Labute approximate surface area is 112 Å². The Balaban J connectivity index is 2.50. The van der Waals surface area contributed by atoms with Gasteiger partial charge in [0.05, 0.1) is 5.92 Å². The molecular formula is C14H18O5. The van der Waals surface area contributed by atoms with Crippen molar-refractivity contribution in [3.63, 3.8) is 0 Å². The quantitative estimate of drug-likeness (QED) is 0.448. The summed E-state index contributed by atoms with van der Waals surface area (Å²) in [6.45, 7) is 2.99. The van der Waals surface area contributed by atoms with Gasteiger partial charge in [0.2, 0.25) is 6.29 Å². The van der Waals surface area contributed by atoms with E-state index in [2.05, 4.69) is 0 Å². The summed E-state index contributed by atoms with van der Waals surface area (Å²) in [4.78, 5) is 22.7. The maximum absolute atomic E-state index is 11.8. The highest BCUT2D eigenvalue weighted by Crippen LogP contribution is 2.15. The monoisotopic (exact) mass is 266 g/mol. The highest BCUT2D eigenvalue weighted by atomic mass is 16.7. The van der Waals surface area contributed by atoms with Gasteiger partial charge in [0, 0.05) is 20.5 Å². The van der Waals surface area contributed by atoms with Gasteiger partial charge in [0.15, 0.2) is 0 Å². The number of esters is 2. The smallest absolute Gasteiger partial charge is 0.314 e. The molecular weight excluding hydrogens is 248 g/mol.